The van der Waals surface area contributed by atoms with E-state index >= 15 is 0 Å². The summed E-state index contributed by atoms with van der Waals surface area (Å²) in [5.41, 5.74) is 0. The molecule has 0 aliphatic rings. The lowest BCUT2D eigenvalue weighted by Gasteiger charge is -2.11. The van der Waals surface area contributed by atoms with Gasteiger partial charge in [0.05, 0.1) is 6.42 Å². The van der Waals surface area contributed by atoms with Crippen molar-refractivity contribution in [2.45, 2.75) is 24.9 Å². The number of aliphatic hydroxyl groups is 1. The van der Waals surface area contributed by atoms with E-state index in [1.807, 2.05) is 0 Å². The molecule has 10 heteroatoms. The topological polar surface area (TPSA) is 59.2 Å². The molecule has 92 valence electrons. The fourth-order valence-corrected chi connectivity index (χ4v) is 0.734. The number of alkyl halides is 6. The zero-order chi connectivity index (χ0) is 12.6. The summed E-state index contributed by atoms with van der Waals surface area (Å²) in [5, 5.41) is 11.0. The van der Waals surface area contributed by atoms with Crippen molar-refractivity contribution in [1.82, 2.24) is 10.1 Å². The third-order valence-corrected chi connectivity index (χ3v) is 1.47. The number of aromatic nitrogens is 2. The fraction of sp³-hybridized carbons (Fsp3) is 0.667. The number of hydrogen-bond acceptors (Lipinski definition) is 4. The van der Waals surface area contributed by atoms with Crippen LogP contribution in [0.2, 0.25) is 0 Å². The van der Waals surface area contributed by atoms with Crippen molar-refractivity contribution in [3.63, 3.8) is 0 Å². The fourth-order valence-electron chi connectivity index (χ4n) is 0.734. The van der Waals surface area contributed by atoms with Gasteiger partial charge in [0, 0.05) is 0 Å². The van der Waals surface area contributed by atoms with Crippen molar-refractivity contribution in [3.8, 4) is 0 Å². The molecule has 0 aliphatic heterocycles. The summed E-state index contributed by atoms with van der Waals surface area (Å²) in [6, 6.07) is 0. The molecule has 0 fully saturated rings. The van der Waals surface area contributed by atoms with Gasteiger partial charge in [-0.25, -0.2) is 0 Å². The van der Waals surface area contributed by atoms with Gasteiger partial charge in [-0.05, 0) is 0 Å². The SMILES string of the molecule is OC(Cc1nc(C(F)(F)F)no1)C(F)(F)F. The smallest absolute Gasteiger partial charge is 0.383 e. The Morgan fingerprint density at radius 2 is 1.75 bits per heavy atom. The summed E-state index contributed by atoms with van der Waals surface area (Å²) in [6.07, 6.45) is -13.9. The molecule has 1 N–H and O–H groups in total. The summed E-state index contributed by atoms with van der Waals surface area (Å²) < 4.78 is 75.1. The van der Waals surface area contributed by atoms with E-state index in [1.54, 1.807) is 0 Å². The highest BCUT2D eigenvalue weighted by Gasteiger charge is 2.41. The first-order valence-corrected chi connectivity index (χ1v) is 3.75. The first-order chi connectivity index (χ1) is 7.10. The Hall–Kier alpha value is -1.32. The first kappa shape index (κ1) is 12.7. The Kier molecular flexibility index (Phi) is 3.13. The lowest BCUT2D eigenvalue weighted by Crippen LogP contribution is -2.30. The Morgan fingerprint density at radius 3 is 2.12 bits per heavy atom. The largest absolute Gasteiger partial charge is 0.455 e. The third kappa shape index (κ3) is 3.08. The van der Waals surface area contributed by atoms with Crippen LogP contribution < -0.4 is 0 Å². The van der Waals surface area contributed by atoms with Crippen molar-refractivity contribution in [2.24, 2.45) is 0 Å². The molecule has 0 amide bonds. The zero-order valence-electron chi connectivity index (χ0n) is 7.30. The molecule has 1 aromatic heterocycles. The van der Waals surface area contributed by atoms with Gasteiger partial charge >= 0.3 is 12.4 Å². The van der Waals surface area contributed by atoms with Crippen LogP contribution in [0.4, 0.5) is 26.3 Å². The van der Waals surface area contributed by atoms with Crippen LogP contribution in [-0.2, 0) is 12.6 Å². The van der Waals surface area contributed by atoms with Gasteiger partial charge in [0.15, 0.2) is 6.10 Å². The molecule has 0 bridgehead atoms. The van der Waals surface area contributed by atoms with E-state index in [-0.39, 0.29) is 0 Å². The van der Waals surface area contributed by atoms with Crippen molar-refractivity contribution in [2.75, 3.05) is 0 Å². The Bertz CT molecular complexity index is 357. The van der Waals surface area contributed by atoms with Gasteiger partial charge < -0.3 is 9.63 Å². The van der Waals surface area contributed by atoms with Crippen LogP contribution in [0.15, 0.2) is 4.52 Å². The minimum Gasteiger partial charge on any atom is -0.383 e. The summed E-state index contributed by atoms with van der Waals surface area (Å²) >= 11 is 0. The quantitative estimate of drug-likeness (QED) is 0.809. The minimum atomic E-state index is -4.95. The second-order valence-electron chi connectivity index (χ2n) is 2.77. The molecule has 0 radical (unpaired) electrons. The maximum Gasteiger partial charge on any atom is 0.455 e. The Balaban J connectivity index is 2.74. The highest BCUT2D eigenvalue weighted by atomic mass is 19.4. The van der Waals surface area contributed by atoms with Gasteiger partial charge in [-0.3, -0.25) is 0 Å². The maximum atomic E-state index is 11.9. The standard InChI is InChI=1S/C6H4F6N2O2/c7-5(8,9)2(15)1-3-13-4(14-16-3)6(10,11)12/h2,15H,1H2. The molecule has 1 unspecified atom stereocenters. The van der Waals surface area contributed by atoms with Gasteiger partial charge in [0.2, 0.25) is 5.89 Å². The van der Waals surface area contributed by atoms with Crippen LogP contribution in [0.3, 0.4) is 0 Å². The second-order valence-corrected chi connectivity index (χ2v) is 2.77. The number of halogens is 6. The molecule has 16 heavy (non-hydrogen) atoms. The lowest BCUT2D eigenvalue weighted by atomic mass is 10.2. The molecule has 0 saturated heterocycles. The van der Waals surface area contributed by atoms with Gasteiger partial charge in [-0.15, -0.1) is 0 Å². The van der Waals surface area contributed by atoms with E-state index in [4.69, 9.17) is 5.11 Å². The van der Waals surface area contributed by atoms with Crippen LogP contribution in [-0.4, -0.2) is 27.5 Å². The highest BCUT2D eigenvalue weighted by molar-refractivity contribution is 4.92. The van der Waals surface area contributed by atoms with Crippen molar-refractivity contribution in [3.05, 3.63) is 11.7 Å². The normalized spacial score (nSPS) is 15.2. The van der Waals surface area contributed by atoms with E-state index in [9.17, 15) is 26.3 Å². The first-order valence-electron chi connectivity index (χ1n) is 3.75. The van der Waals surface area contributed by atoms with E-state index in [0.717, 1.165) is 0 Å². The molecule has 1 heterocycles. The van der Waals surface area contributed by atoms with Crippen LogP contribution in [0, 0.1) is 0 Å². The predicted octanol–water partition coefficient (Wildman–Crippen LogP) is 1.55. The van der Waals surface area contributed by atoms with E-state index in [1.165, 1.54) is 0 Å². The second kappa shape index (κ2) is 3.92. The van der Waals surface area contributed by atoms with E-state index in [0.29, 0.717) is 0 Å². The summed E-state index contributed by atoms with van der Waals surface area (Å²) in [4.78, 5) is 2.67. The molecule has 4 nitrogen and oxygen atoms in total. The van der Waals surface area contributed by atoms with Gasteiger partial charge in [-0.2, -0.15) is 31.3 Å². The molecular formula is C6H4F6N2O2. The summed E-state index contributed by atoms with van der Waals surface area (Å²) in [5.74, 6) is -2.62. The van der Waals surface area contributed by atoms with E-state index < -0.39 is 36.6 Å². The molecule has 0 aliphatic carbocycles. The van der Waals surface area contributed by atoms with Crippen LogP contribution in [0.5, 0.6) is 0 Å². The zero-order valence-corrected chi connectivity index (χ0v) is 7.30. The number of rotatable bonds is 2. The molecule has 0 spiro atoms. The molecule has 0 saturated carbocycles. The molecular weight excluding hydrogens is 246 g/mol. The predicted molar refractivity (Wildman–Crippen MR) is 35.1 cm³/mol. The van der Waals surface area contributed by atoms with Gasteiger partial charge in [-0.1, -0.05) is 5.16 Å². The van der Waals surface area contributed by atoms with Crippen molar-refractivity contribution in [1.29, 1.82) is 0 Å². The number of nitrogens with zero attached hydrogens (tertiary/aromatic N) is 2. The summed E-state index contributed by atoms with van der Waals surface area (Å²) in [6.45, 7) is 0. The lowest BCUT2D eigenvalue weighted by molar-refractivity contribution is -0.204. The monoisotopic (exact) mass is 250 g/mol. The number of aliphatic hydroxyl groups excluding tert-OH is 1. The minimum absolute atomic E-state index is 0.933. The Labute approximate surface area is 83.9 Å². The number of hydrogen-bond donors (Lipinski definition) is 1. The van der Waals surface area contributed by atoms with Crippen LogP contribution in [0.25, 0.3) is 0 Å². The molecule has 1 atom stereocenters. The molecule has 0 aromatic carbocycles. The van der Waals surface area contributed by atoms with Gasteiger partial charge in [0.25, 0.3) is 5.82 Å². The van der Waals surface area contributed by atoms with E-state index in [2.05, 4.69) is 14.7 Å². The maximum absolute atomic E-state index is 11.9. The Morgan fingerprint density at radius 1 is 1.19 bits per heavy atom. The molecule has 1 rings (SSSR count). The van der Waals surface area contributed by atoms with Gasteiger partial charge in [0.1, 0.15) is 0 Å². The van der Waals surface area contributed by atoms with Crippen molar-refractivity contribution < 1.29 is 36.0 Å². The average molecular weight is 250 g/mol. The highest BCUT2D eigenvalue weighted by Crippen LogP contribution is 2.27. The third-order valence-electron chi connectivity index (χ3n) is 1.47. The molecule has 1 aromatic rings. The van der Waals surface area contributed by atoms with Crippen molar-refractivity contribution >= 4 is 0 Å². The average Bonchev–Trinajstić information content (AvgIpc) is 2.49. The summed E-state index contributed by atoms with van der Waals surface area (Å²) in [7, 11) is 0. The van der Waals surface area contributed by atoms with Crippen LogP contribution >= 0.6 is 0 Å². The van der Waals surface area contributed by atoms with Crippen LogP contribution in [0.1, 0.15) is 11.7 Å².